The first-order chi connectivity index (χ1) is 27.9. The Bertz CT molecular complexity index is 2600. The molecule has 6 aromatic rings. The van der Waals surface area contributed by atoms with Crippen LogP contribution in [0.25, 0.3) is 21.0 Å². The largest absolute Gasteiger partial charge is 0.434 e. The van der Waals surface area contributed by atoms with Crippen LogP contribution in [0.4, 0.5) is 24.5 Å². The Morgan fingerprint density at radius 2 is 1.23 bits per heavy atom. The number of primary sulfonamides is 2. The zero-order valence-electron chi connectivity index (χ0n) is 31.1. The summed E-state index contributed by atoms with van der Waals surface area (Å²) in [5, 5.41) is 27.9. The smallest absolute Gasteiger partial charge is 0.383 e. The number of aromatic nitrogens is 2. The number of carbonyl (C=O) groups excluding carboxylic acids is 2. The molecule has 0 aliphatic rings. The summed E-state index contributed by atoms with van der Waals surface area (Å²) >= 11 is 13.9. The number of amides is 2. The highest BCUT2D eigenvalue weighted by Gasteiger charge is 2.34. The van der Waals surface area contributed by atoms with Crippen molar-refractivity contribution in [1.82, 2.24) is 9.97 Å². The van der Waals surface area contributed by atoms with Gasteiger partial charge in [-0.15, -0.1) is 22.7 Å². The fourth-order valence-electron chi connectivity index (χ4n) is 5.30. The average molecular weight is 942 g/mol. The first-order valence-electron chi connectivity index (χ1n) is 17.0. The van der Waals surface area contributed by atoms with E-state index in [2.05, 4.69) is 20.6 Å². The van der Waals surface area contributed by atoms with Crippen molar-refractivity contribution >= 4 is 89.1 Å². The van der Waals surface area contributed by atoms with Crippen LogP contribution < -0.4 is 20.9 Å². The standard InChI is InChI=1S/C20H20ClN3O4S2.C18H13ClF3N3O3S2/c1-20(2,26)19-23-11-16(29-19)14-8-7-13(10-17(14)30(22,27)28)24-18(25)9-12-5-3-4-6-15(12)21;19-13-4-2-1-3-10(13)7-16(26)24-11-5-6-12(14(8-11)30(23,27)28)17-25-15(9-29-17)18(20,21)22/h3-8,10-11,26H,9H2,1-2H3,(H,24,25)(H2,22,27,28);1-6,8-9H,7H2,(H,24,26)(H2,23,27,28). The molecule has 0 fully saturated rings. The van der Waals surface area contributed by atoms with Gasteiger partial charge in [-0.25, -0.2) is 37.1 Å². The molecule has 22 heteroatoms. The van der Waals surface area contributed by atoms with E-state index in [0.29, 0.717) is 48.0 Å². The van der Waals surface area contributed by atoms with Crippen LogP contribution in [-0.2, 0) is 54.3 Å². The van der Waals surface area contributed by atoms with E-state index in [1.807, 2.05) is 0 Å². The lowest BCUT2D eigenvalue weighted by molar-refractivity contribution is -0.140. The highest BCUT2D eigenvalue weighted by atomic mass is 35.5. The Balaban J connectivity index is 0.000000228. The summed E-state index contributed by atoms with van der Waals surface area (Å²) in [5.41, 5.74) is -0.431. The molecular formula is C38H33Cl2F3N6O7S4. The zero-order chi connectivity index (χ0) is 44.2. The maximum atomic E-state index is 12.8. The summed E-state index contributed by atoms with van der Waals surface area (Å²) in [6, 6.07) is 21.8. The van der Waals surface area contributed by atoms with E-state index < -0.39 is 48.3 Å². The fraction of sp³-hybridized carbons (Fsp3) is 0.158. The number of rotatable bonds is 11. The molecule has 6 rings (SSSR count). The van der Waals surface area contributed by atoms with Gasteiger partial charge in [0.05, 0.1) is 27.5 Å². The van der Waals surface area contributed by atoms with Gasteiger partial charge < -0.3 is 15.7 Å². The van der Waals surface area contributed by atoms with Gasteiger partial charge in [0, 0.05) is 44.1 Å². The molecule has 0 unspecified atom stereocenters. The van der Waals surface area contributed by atoms with E-state index in [9.17, 15) is 44.7 Å². The zero-order valence-corrected chi connectivity index (χ0v) is 35.9. The van der Waals surface area contributed by atoms with Gasteiger partial charge in [-0.05, 0) is 67.4 Å². The van der Waals surface area contributed by atoms with Crippen LogP contribution in [0.15, 0.2) is 106 Å². The molecule has 0 spiro atoms. The van der Waals surface area contributed by atoms with Crippen LogP contribution in [0.3, 0.4) is 0 Å². The van der Waals surface area contributed by atoms with Crippen molar-refractivity contribution in [1.29, 1.82) is 0 Å². The van der Waals surface area contributed by atoms with E-state index in [1.54, 1.807) is 74.5 Å². The molecule has 0 saturated heterocycles. The number of sulfonamides is 2. The quantitative estimate of drug-likeness (QED) is 0.0852. The molecule has 7 N–H and O–H groups in total. The highest BCUT2D eigenvalue weighted by molar-refractivity contribution is 7.89. The number of benzene rings is 4. The molecule has 316 valence electrons. The van der Waals surface area contributed by atoms with Crippen LogP contribution in [0.1, 0.15) is 35.7 Å². The van der Waals surface area contributed by atoms with Crippen LogP contribution in [0, 0.1) is 0 Å². The Morgan fingerprint density at radius 3 is 1.65 bits per heavy atom. The van der Waals surface area contributed by atoms with E-state index in [0.717, 1.165) is 22.8 Å². The molecule has 4 aromatic carbocycles. The molecule has 0 saturated carbocycles. The van der Waals surface area contributed by atoms with Crippen LogP contribution in [0.2, 0.25) is 10.0 Å². The lowest BCUT2D eigenvalue weighted by atomic mass is 10.1. The minimum absolute atomic E-state index is 0.0376. The van der Waals surface area contributed by atoms with E-state index in [4.69, 9.17) is 33.5 Å². The van der Waals surface area contributed by atoms with E-state index in [1.165, 1.54) is 24.4 Å². The fourth-order valence-corrected chi connectivity index (χ4v) is 9.20. The van der Waals surface area contributed by atoms with Gasteiger partial charge in [-0.3, -0.25) is 9.59 Å². The predicted octanol–water partition coefficient (Wildman–Crippen LogP) is 7.83. The second kappa shape index (κ2) is 18.5. The number of anilines is 2. The third kappa shape index (κ3) is 12.2. The molecule has 13 nitrogen and oxygen atoms in total. The first-order valence-corrected chi connectivity index (χ1v) is 22.6. The van der Waals surface area contributed by atoms with Gasteiger partial charge in [0.25, 0.3) is 0 Å². The Labute approximate surface area is 360 Å². The second-order valence-corrected chi connectivity index (χ2v) is 19.0. The second-order valence-electron chi connectivity index (χ2n) is 13.3. The number of hydrogen-bond donors (Lipinski definition) is 5. The lowest BCUT2D eigenvalue weighted by Crippen LogP contribution is -2.17. The lowest BCUT2D eigenvalue weighted by Gasteiger charge is -2.13. The summed E-state index contributed by atoms with van der Waals surface area (Å²) in [6.45, 7) is 3.18. The van der Waals surface area contributed by atoms with Gasteiger partial charge in [0.2, 0.25) is 31.9 Å². The highest BCUT2D eigenvalue weighted by Crippen LogP contribution is 2.38. The van der Waals surface area contributed by atoms with E-state index in [-0.39, 0.29) is 45.6 Å². The summed E-state index contributed by atoms with van der Waals surface area (Å²) in [5.74, 6) is -0.817. The summed E-state index contributed by atoms with van der Waals surface area (Å²) in [6.07, 6.45) is -3.20. The van der Waals surface area contributed by atoms with Gasteiger partial charge in [-0.2, -0.15) is 13.2 Å². The summed E-state index contributed by atoms with van der Waals surface area (Å²) in [7, 11) is -8.41. The molecule has 0 aliphatic carbocycles. The number of carbonyl (C=O) groups is 2. The van der Waals surface area contributed by atoms with E-state index >= 15 is 0 Å². The Hall–Kier alpha value is -4.77. The van der Waals surface area contributed by atoms with Crippen molar-refractivity contribution in [3.8, 4) is 21.0 Å². The van der Waals surface area contributed by atoms with Crippen molar-refractivity contribution in [2.24, 2.45) is 10.3 Å². The third-order valence-electron chi connectivity index (χ3n) is 8.08. The van der Waals surface area contributed by atoms with Crippen molar-refractivity contribution < 1.29 is 44.7 Å². The Kier molecular flexibility index (Phi) is 14.2. The SMILES string of the molecule is CC(C)(O)c1ncc(-c2ccc(NC(=O)Cc3ccccc3Cl)cc2S(N)(=O)=O)s1.NS(=O)(=O)c1cc(NC(=O)Cc2ccccc2Cl)ccc1-c1nc(C(F)(F)F)cs1. The number of hydrogen-bond acceptors (Lipinski definition) is 11. The van der Waals surface area contributed by atoms with Crippen molar-refractivity contribution in [3.05, 3.63) is 128 Å². The van der Waals surface area contributed by atoms with Gasteiger partial charge in [0.1, 0.15) is 15.6 Å². The number of nitrogens with zero attached hydrogens (tertiary/aromatic N) is 2. The van der Waals surface area contributed by atoms with Crippen molar-refractivity contribution in [3.63, 3.8) is 0 Å². The van der Waals surface area contributed by atoms with Crippen LogP contribution in [0.5, 0.6) is 0 Å². The van der Waals surface area contributed by atoms with Crippen LogP contribution >= 0.6 is 45.9 Å². The monoisotopic (exact) mass is 940 g/mol. The topological polar surface area (TPSA) is 225 Å². The molecule has 2 amide bonds. The molecule has 0 atom stereocenters. The van der Waals surface area contributed by atoms with Crippen molar-refractivity contribution in [2.45, 2.75) is 48.3 Å². The maximum Gasteiger partial charge on any atom is 0.434 e. The average Bonchev–Trinajstić information content (AvgIpc) is 3.85. The molecule has 0 radical (unpaired) electrons. The van der Waals surface area contributed by atoms with Crippen LogP contribution in [-0.4, -0.2) is 43.7 Å². The minimum Gasteiger partial charge on any atom is -0.383 e. The number of nitrogens with two attached hydrogens (primary N) is 2. The molecular weight excluding hydrogens is 909 g/mol. The summed E-state index contributed by atoms with van der Waals surface area (Å²) < 4.78 is 86.8. The molecule has 2 aromatic heterocycles. The normalized spacial score (nSPS) is 12.0. The number of halogens is 5. The summed E-state index contributed by atoms with van der Waals surface area (Å²) in [4.78, 5) is 32.2. The van der Waals surface area contributed by atoms with Crippen molar-refractivity contribution in [2.75, 3.05) is 10.6 Å². The minimum atomic E-state index is -4.66. The van der Waals surface area contributed by atoms with Gasteiger partial charge in [-0.1, -0.05) is 65.7 Å². The third-order valence-corrected chi connectivity index (χ3v) is 12.9. The number of aliphatic hydroxyl groups is 1. The van der Waals surface area contributed by atoms with Gasteiger partial charge in [0.15, 0.2) is 5.69 Å². The first kappa shape index (κ1) is 46.3. The molecule has 60 heavy (non-hydrogen) atoms. The molecule has 0 aliphatic heterocycles. The predicted molar refractivity (Wildman–Crippen MR) is 226 cm³/mol. The number of nitrogens with one attached hydrogen (secondary N) is 2. The molecule has 2 heterocycles. The number of thiazole rings is 2. The van der Waals surface area contributed by atoms with Gasteiger partial charge >= 0.3 is 6.18 Å². The Morgan fingerprint density at radius 1 is 0.767 bits per heavy atom. The maximum absolute atomic E-state index is 12.8. The molecule has 0 bridgehead atoms. The number of alkyl halides is 3.